The molecule has 0 aliphatic rings. The van der Waals surface area contributed by atoms with Crippen LogP contribution in [0.2, 0.25) is 5.02 Å². The summed E-state index contributed by atoms with van der Waals surface area (Å²) in [5.41, 5.74) is 1.94. The number of thiophene rings is 1. The normalized spacial score (nSPS) is 12.7. The van der Waals surface area contributed by atoms with Crippen molar-refractivity contribution in [3.63, 3.8) is 0 Å². The summed E-state index contributed by atoms with van der Waals surface area (Å²) in [6.07, 6.45) is 0. The monoisotopic (exact) mass is 269 g/mol. The third-order valence-corrected chi connectivity index (χ3v) is 4.44. The third kappa shape index (κ3) is 2.51. The van der Waals surface area contributed by atoms with E-state index < -0.39 is 0 Å². The molecule has 0 aliphatic carbocycles. The fourth-order valence-electron chi connectivity index (χ4n) is 1.78. The molecule has 1 aromatic heterocycles. The molecule has 17 heavy (non-hydrogen) atoms. The maximum absolute atomic E-state index is 13.2. The fraction of sp³-hybridized carbons (Fsp3) is 0.231. The average Bonchev–Trinajstić information content (AvgIpc) is 2.63. The van der Waals surface area contributed by atoms with Crippen molar-refractivity contribution >= 4 is 22.9 Å². The molecule has 2 rings (SSSR count). The van der Waals surface area contributed by atoms with Crippen LogP contribution in [0.25, 0.3) is 0 Å². The summed E-state index contributed by atoms with van der Waals surface area (Å²) in [5.74, 6) is -0.229. The summed E-state index contributed by atoms with van der Waals surface area (Å²) in [7, 11) is 1.85. The minimum atomic E-state index is -0.229. The lowest BCUT2D eigenvalue weighted by molar-refractivity contribution is 0.618. The summed E-state index contributed by atoms with van der Waals surface area (Å²) in [6, 6.07) is 6.53. The quantitative estimate of drug-likeness (QED) is 0.882. The van der Waals surface area contributed by atoms with Crippen LogP contribution >= 0.6 is 22.9 Å². The summed E-state index contributed by atoms with van der Waals surface area (Å²) >= 11 is 7.84. The van der Waals surface area contributed by atoms with Crippen LogP contribution in [0.4, 0.5) is 4.39 Å². The van der Waals surface area contributed by atoms with Gasteiger partial charge in [-0.15, -0.1) is 11.3 Å². The summed E-state index contributed by atoms with van der Waals surface area (Å²) in [6.45, 7) is 1.97. The number of benzene rings is 1. The molecule has 1 N–H and O–H groups in total. The van der Waals surface area contributed by atoms with Gasteiger partial charge in [0.05, 0.1) is 11.1 Å². The van der Waals surface area contributed by atoms with E-state index in [4.69, 9.17) is 11.6 Å². The van der Waals surface area contributed by atoms with Crippen molar-refractivity contribution in [3.8, 4) is 0 Å². The van der Waals surface area contributed by atoms with E-state index >= 15 is 0 Å². The van der Waals surface area contributed by atoms with E-state index in [0.717, 1.165) is 21.0 Å². The van der Waals surface area contributed by atoms with Gasteiger partial charge >= 0.3 is 0 Å². The van der Waals surface area contributed by atoms with Crippen LogP contribution in [-0.2, 0) is 0 Å². The lowest BCUT2D eigenvalue weighted by Crippen LogP contribution is -2.17. The van der Waals surface area contributed by atoms with Gasteiger partial charge in [-0.2, -0.15) is 0 Å². The van der Waals surface area contributed by atoms with Crippen LogP contribution in [0, 0.1) is 12.7 Å². The van der Waals surface area contributed by atoms with Gasteiger partial charge in [0.15, 0.2) is 0 Å². The fourth-order valence-corrected chi connectivity index (χ4v) is 3.22. The Morgan fingerprint density at radius 3 is 2.71 bits per heavy atom. The van der Waals surface area contributed by atoms with Crippen LogP contribution < -0.4 is 5.32 Å². The molecule has 90 valence electrons. The smallest absolute Gasteiger partial charge is 0.123 e. The van der Waals surface area contributed by atoms with Crippen LogP contribution in [0.5, 0.6) is 0 Å². The van der Waals surface area contributed by atoms with E-state index in [1.54, 1.807) is 17.4 Å². The van der Waals surface area contributed by atoms with Crippen molar-refractivity contribution in [2.75, 3.05) is 7.05 Å². The van der Waals surface area contributed by atoms with Gasteiger partial charge in [-0.1, -0.05) is 23.7 Å². The lowest BCUT2D eigenvalue weighted by Gasteiger charge is -2.16. The molecule has 0 radical (unpaired) electrons. The maximum Gasteiger partial charge on any atom is 0.123 e. The van der Waals surface area contributed by atoms with E-state index in [1.807, 2.05) is 25.4 Å². The Kier molecular flexibility index (Phi) is 3.82. The van der Waals surface area contributed by atoms with Gasteiger partial charge in [-0.05, 0) is 42.6 Å². The Balaban J connectivity index is 2.44. The van der Waals surface area contributed by atoms with Crippen molar-refractivity contribution in [3.05, 3.63) is 56.5 Å². The summed E-state index contributed by atoms with van der Waals surface area (Å²) < 4.78 is 13.2. The summed E-state index contributed by atoms with van der Waals surface area (Å²) in [4.78, 5) is 1.03. The number of nitrogens with one attached hydrogen (secondary N) is 1. The molecule has 0 aliphatic heterocycles. The molecule has 1 nitrogen and oxygen atoms in total. The molecule has 1 unspecified atom stereocenters. The van der Waals surface area contributed by atoms with Gasteiger partial charge in [-0.3, -0.25) is 0 Å². The van der Waals surface area contributed by atoms with E-state index in [2.05, 4.69) is 5.32 Å². The highest BCUT2D eigenvalue weighted by Crippen LogP contribution is 2.35. The van der Waals surface area contributed by atoms with Gasteiger partial charge in [-0.25, -0.2) is 4.39 Å². The highest BCUT2D eigenvalue weighted by molar-refractivity contribution is 7.10. The van der Waals surface area contributed by atoms with Crippen LogP contribution in [0.15, 0.2) is 29.6 Å². The molecular weight excluding hydrogens is 257 g/mol. The molecule has 0 bridgehead atoms. The molecule has 4 heteroatoms. The minimum absolute atomic E-state index is 0.0584. The first-order chi connectivity index (χ1) is 8.13. The van der Waals surface area contributed by atoms with Crippen molar-refractivity contribution in [2.45, 2.75) is 13.0 Å². The Morgan fingerprint density at radius 2 is 2.18 bits per heavy atom. The Morgan fingerprint density at radius 1 is 1.41 bits per heavy atom. The first-order valence-electron chi connectivity index (χ1n) is 5.29. The zero-order valence-electron chi connectivity index (χ0n) is 9.63. The molecular formula is C13H13ClFNS. The number of aryl methyl sites for hydroxylation is 1. The van der Waals surface area contributed by atoms with Gasteiger partial charge < -0.3 is 5.32 Å². The highest BCUT2D eigenvalue weighted by Gasteiger charge is 2.18. The number of halogens is 2. The molecule has 0 amide bonds. The van der Waals surface area contributed by atoms with Crippen LogP contribution in [-0.4, -0.2) is 7.05 Å². The zero-order valence-corrected chi connectivity index (χ0v) is 11.2. The van der Waals surface area contributed by atoms with Crippen LogP contribution in [0.1, 0.15) is 22.0 Å². The highest BCUT2D eigenvalue weighted by atomic mass is 35.5. The van der Waals surface area contributed by atoms with Gasteiger partial charge in [0.2, 0.25) is 0 Å². The Bertz CT molecular complexity index is 524. The van der Waals surface area contributed by atoms with E-state index in [0.29, 0.717) is 0 Å². The first kappa shape index (κ1) is 12.6. The third-order valence-electron chi connectivity index (χ3n) is 2.66. The zero-order chi connectivity index (χ0) is 12.4. The SMILES string of the molecule is CNC(c1cccc(F)c1)c1scc(C)c1Cl. The average molecular weight is 270 g/mol. The number of hydrogen-bond acceptors (Lipinski definition) is 2. The lowest BCUT2D eigenvalue weighted by atomic mass is 10.0. The van der Waals surface area contributed by atoms with Gasteiger partial charge in [0, 0.05) is 4.88 Å². The van der Waals surface area contributed by atoms with Crippen molar-refractivity contribution < 1.29 is 4.39 Å². The largest absolute Gasteiger partial charge is 0.309 e. The van der Waals surface area contributed by atoms with E-state index in [1.165, 1.54) is 12.1 Å². The number of rotatable bonds is 3. The Labute approximate surface area is 109 Å². The predicted octanol–water partition coefficient (Wildman–Crippen LogP) is 4.16. The standard InChI is InChI=1S/C13H13ClFNS/c1-8-7-17-13(11(8)14)12(16-2)9-4-3-5-10(15)6-9/h3-7,12,16H,1-2H3. The molecule has 0 saturated carbocycles. The molecule has 0 saturated heterocycles. The van der Waals surface area contributed by atoms with Crippen molar-refractivity contribution in [2.24, 2.45) is 0 Å². The molecule has 1 atom stereocenters. The second-order valence-electron chi connectivity index (χ2n) is 3.87. The second-order valence-corrected chi connectivity index (χ2v) is 5.16. The van der Waals surface area contributed by atoms with Crippen molar-refractivity contribution in [1.29, 1.82) is 0 Å². The number of hydrogen-bond donors (Lipinski definition) is 1. The van der Waals surface area contributed by atoms with Crippen LogP contribution in [0.3, 0.4) is 0 Å². The molecule has 2 aromatic rings. The molecule has 0 spiro atoms. The summed E-state index contributed by atoms with van der Waals surface area (Å²) in [5, 5.41) is 5.95. The maximum atomic E-state index is 13.2. The predicted molar refractivity (Wildman–Crippen MR) is 71.4 cm³/mol. The molecule has 0 fully saturated rings. The molecule has 1 aromatic carbocycles. The van der Waals surface area contributed by atoms with Gasteiger partial charge in [0.25, 0.3) is 0 Å². The molecule has 1 heterocycles. The topological polar surface area (TPSA) is 12.0 Å². The van der Waals surface area contributed by atoms with E-state index in [9.17, 15) is 4.39 Å². The second kappa shape index (κ2) is 5.17. The van der Waals surface area contributed by atoms with E-state index in [-0.39, 0.29) is 11.9 Å². The minimum Gasteiger partial charge on any atom is -0.309 e. The van der Waals surface area contributed by atoms with Gasteiger partial charge in [0.1, 0.15) is 5.82 Å². The Hall–Kier alpha value is -0.900. The van der Waals surface area contributed by atoms with Crippen molar-refractivity contribution in [1.82, 2.24) is 5.32 Å². The first-order valence-corrected chi connectivity index (χ1v) is 6.55.